The van der Waals surface area contributed by atoms with Gasteiger partial charge in [-0.1, -0.05) is 12.1 Å². The SMILES string of the molecule is Fc1ccc(CN2CCO[C@@H]3[C@@H](OCCCn4cccn4)CC[C@H]32)cc1. The highest BCUT2D eigenvalue weighted by molar-refractivity contribution is 5.16. The molecule has 1 saturated heterocycles. The van der Waals surface area contributed by atoms with E-state index in [9.17, 15) is 4.39 Å². The molecule has 1 aliphatic carbocycles. The van der Waals surface area contributed by atoms with E-state index in [1.165, 1.54) is 12.1 Å². The second-order valence-electron chi connectivity index (χ2n) is 7.11. The number of fused-ring (bicyclic) bond motifs is 1. The molecular formula is C20H26FN3O2. The van der Waals surface area contributed by atoms with Crippen molar-refractivity contribution in [2.45, 2.75) is 50.6 Å². The highest BCUT2D eigenvalue weighted by Crippen LogP contribution is 2.33. The van der Waals surface area contributed by atoms with Gasteiger partial charge in [0.2, 0.25) is 0 Å². The summed E-state index contributed by atoms with van der Waals surface area (Å²) in [6.45, 7) is 4.11. The predicted octanol–water partition coefficient (Wildman–Crippen LogP) is 2.86. The second kappa shape index (κ2) is 8.29. The molecule has 2 heterocycles. The lowest BCUT2D eigenvalue weighted by Crippen LogP contribution is -2.51. The van der Waals surface area contributed by atoms with E-state index in [0.29, 0.717) is 6.04 Å². The average molecular weight is 359 g/mol. The summed E-state index contributed by atoms with van der Waals surface area (Å²) in [4.78, 5) is 2.47. The van der Waals surface area contributed by atoms with Gasteiger partial charge in [-0.25, -0.2) is 4.39 Å². The molecule has 0 N–H and O–H groups in total. The summed E-state index contributed by atoms with van der Waals surface area (Å²) >= 11 is 0. The van der Waals surface area contributed by atoms with E-state index >= 15 is 0 Å². The van der Waals surface area contributed by atoms with Crippen LogP contribution in [0.25, 0.3) is 0 Å². The lowest BCUT2D eigenvalue weighted by Gasteiger charge is -2.39. The van der Waals surface area contributed by atoms with Crippen molar-refractivity contribution in [3.05, 3.63) is 54.1 Å². The Bertz CT molecular complexity index is 677. The topological polar surface area (TPSA) is 39.5 Å². The van der Waals surface area contributed by atoms with E-state index in [1.807, 2.05) is 29.1 Å². The first-order valence-electron chi connectivity index (χ1n) is 9.49. The summed E-state index contributed by atoms with van der Waals surface area (Å²) in [5.41, 5.74) is 1.15. The molecule has 1 aromatic heterocycles. The van der Waals surface area contributed by atoms with Gasteiger partial charge < -0.3 is 9.47 Å². The van der Waals surface area contributed by atoms with E-state index in [1.54, 1.807) is 6.20 Å². The van der Waals surface area contributed by atoms with Crippen molar-refractivity contribution in [1.82, 2.24) is 14.7 Å². The Balaban J connectivity index is 1.27. The van der Waals surface area contributed by atoms with Crippen LogP contribution >= 0.6 is 0 Å². The van der Waals surface area contributed by atoms with E-state index in [0.717, 1.165) is 57.7 Å². The minimum atomic E-state index is -0.182. The van der Waals surface area contributed by atoms with Crippen LogP contribution in [0.5, 0.6) is 0 Å². The Hall–Kier alpha value is -1.76. The third-order valence-corrected chi connectivity index (χ3v) is 5.37. The van der Waals surface area contributed by atoms with E-state index in [2.05, 4.69) is 10.00 Å². The van der Waals surface area contributed by atoms with Crippen molar-refractivity contribution in [3.8, 4) is 0 Å². The highest BCUT2D eigenvalue weighted by atomic mass is 19.1. The van der Waals surface area contributed by atoms with Crippen LogP contribution in [0.1, 0.15) is 24.8 Å². The van der Waals surface area contributed by atoms with Gasteiger partial charge in [0.15, 0.2) is 0 Å². The van der Waals surface area contributed by atoms with E-state index < -0.39 is 0 Å². The molecule has 26 heavy (non-hydrogen) atoms. The van der Waals surface area contributed by atoms with Crippen LogP contribution in [0.4, 0.5) is 4.39 Å². The molecule has 2 aromatic rings. The number of morpholine rings is 1. The van der Waals surface area contributed by atoms with Gasteiger partial charge in [0.05, 0.1) is 18.8 Å². The molecule has 5 nitrogen and oxygen atoms in total. The monoisotopic (exact) mass is 359 g/mol. The van der Waals surface area contributed by atoms with Gasteiger partial charge in [0, 0.05) is 44.7 Å². The molecule has 0 radical (unpaired) electrons. The number of aromatic nitrogens is 2. The van der Waals surface area contributed by atoms with Gasteiger partial charge in [-0.2, -0.15) is 5.10 Å². The summed E-state index contributed by atoms with van der Waals surface area (Å²) in [5.74, 6) is -0.182. The fraction of sp³-hybridized carbons (Fsp3) is 0.550. The van der Waals surface area contributed by atoms with Gasteiger partial charge >= 0.3 is 0 Å². The van der Waals surface area contributed by atoms with Gasteiger partial charge in [-0.05, 0) is 43.0 Å². The number of benzene rings is 1. The zero-order valence-corrected chi connectivity index (χ0v) is 15.0. The fourth-order valence-corrected chi connectivity index (χ4v) is 4.08. The number of aryl methyl sites for hydroxylation is 1. The fourth-order valence-electron chi connectivity index (χ4n) is 4.08. The Morgan fingerprint density at radius 1 is 1.23 bits per heavy atom. The van der Waals surface area contributed by atoms with Gasteiger partial charge in [-0.15, -0.1) is 0 Å². The van der Waals surface area contributed by atoms with Crippen LogP contribution < -0.4 is 0 Å². The Kier molecular flexibility index (Phi) is 5.62. The third-order valence-electron chi connectivity index (χ3n) is 5.37. The number of halogens is 1. The number of nitrogens with zero attached hydrogens (tertiary/aromatic N) is 3. The molecule has 0 spiro atoms. The summed E-state index contributed by atoms with van der Waals surface area (Å²) in [7, 11) is 0. The number of hydrogen-bond acceptors (Lipinski definition) is 4. The molecule has 1 saturated carbocycles. The summed E-state index contributed by atoms with van der Waals surface area (Å²) in [5, 5.41) is 4.21. The van der Waals surface area contributed by atoms with Crippen molar-refractivity contribution >= 4 is 0 Å². The molecular weight excluding hydrogens is 333 g/mol. The first-order valence-corrected chi connectivity index (χ1v) is 9.49. The van der Waals surface area contributed by atoms with Crippen molar-refractivity contribution in [1.29, 1.82) is 0 Å². The van der Waals surface area contributed by atoms with Crippen LogP contribution in [-0.4, -0.2) is 52.7 Å². The standard InChI is InChI=1S/C20H26FN3O2/c21-17-5-3-16(4-6-17)15-23-12-14-26-20-18(23)7-8-19(20)25-13-2-11-24-10-1-9-22-24/h1,3-6,9-10,18-20H,2,7-8,11-15H2/t18-,19+,20+/m1/s1. The summed E-state index contributed by atoms with van der Waals surface area (Å²) < 4.78 is 27.2. The van der Waals surface area contributed by atoms with Crippen LogP contribution in [-0.2, 0) is 22.6 Å². The number of hydrogen-bond donors (Lipinski definition) is 0. The highest BCUT2D eigenvalue weighted by Gasteiger charge is 2.43. The number of rotatable bonds is 7. The molecule has 0 bridgehead atoms. The van der Waals surface area contributed by atoms with E-state index in [-0.39, 0.29) is 18.0 Å². The van der Waals surface area contributed by atoms with Crippen molar-refractivity contribution < 1.29 is 13.9 Å². The predicted molar refractivity (Wildman–Crippen MR) is 96.2 cm³/mol. The average Bonchev–Trinajstić information content (AvgIpc) is 3.31. The minimum absolute atomic E-state index is 0.147. The van der Waals surface area contributed by atoms with Gasteiger partial charge in [-0.3, -0.25) is 9.58 Å². The van der Waals surface area contributed by atoms with Gasteiger partial charge in [0.1, 0.15) is 5.82 Å². The third kappa shape index (κ3) is 4.14. The second-order valence-corrected chi connectivity index (χ2v) is 7.11. The Labute approximate surface area is 153 Å². The maximum atomic E-state index is 13.1. The first kappa shape index (κ1) is 17.6. The van der Waals surface area contributed by atoms with Crippen LogP contribution in [0, 0.1) is 5.82 Å². The van der Waals surface area contributed by atoms with Crippen molar-refractivity contribution in [2.75, 3.05) is 19.8 Å². The largest absolute Gasteiger partial charge is 0.375 e. The van der Waals surface area contributed by atoms with Crippen LogP contribution in [0.15, 0.2) is 42.7 Å². The molecule has 3 atom stereocenters. The quantitative estimate of drug-likeness (QED) is 0.713. The molecule has 2 aliphatic rings. The zero-order valence-electron chi connectivity index (χ0n) is 15.0. The molecule has 4 rings (SSSR count). The maximum Gasteiger partial charge on any atom is 0.123 e. The molecule has 2 fully saturated rings. The van der Waals surface area contributed by atoms with E-state index in [4.69, 9.17) is 9.47 Å². The molecule has 1 aromatic carbocycles. The molecule has 0 amide bonds. The van der Waals surface area contributed by atoms with Crippen LogP contribution in [0.3, 0.4) is 0 Å². The zero-order chi connectivity index (χ0) is 17.8. The smallest absolute Gasteiger partial charge is 0.123 e. The summed E-state index contributed by atoms with van der Waals surface area (Å²) in [6, 6.07) is 9.15. The molecule has 6 heteroatoms. The number of ether oxygens (including phenoxy) is 2. The first-order chi connectivity index (χ1) is 12.8. The normalized spacial score (nSPS) is 26.1. The Morgan fingerprint density at radius 2 is 2.12 bits per heavy atom. The molecule has 1 aliphatic heterocycles. The van der Waals surface area contributed by atoms with Crippen molar-refractivity contribution in [3.63, 3.8) is 0 Å². The molecule has 140 valence electrons. The lowest BCUT2D eigenvalue weighted by atomic mass is 10.1. The molecule has 0 unspecified atom stereocenters. The van der Waals surface area contributed by atoms with Gasteiger partial charge in [0.25, 0.3) is 0 Å². The van der Waals surface area contributed by atoms with Crippen LogP contribution in [0.2, 0.25) is 0 Å². The summed E-state index contributed by atoms with van der Waals surface area (Å²) in [6.07, 6.45) is 7.18. The Morgan fingerprint density at radius 3 is 2.92 bits per heavy atom. The minimum Gasteiger partial charge on any atom is -0.375 e. The van der Waals surface area contributed by atoms with Crippen molar-refractivity contribution in [2.24, 2.45) is 0 Å². The maximum absolute atomic E-state index is 13.1. The lowest BCUT2D eigenvalue weighted by molar-refractivity contribution is -0.115.